The summed E-state index contributed by atoms with van der Waals surface area (Å²) in [6, 6.07) is 4.42. The maximum absolute atomic E-state index is 12.6. The van der Waals surface area contributed by atoms with Crippen molar-refractivity contribution in [3.8, 4) is 0 Å². The molecule has 1 aromatic rings. The third-order valence-electron chi connectivity index (χ3n) is 1.41. The second-order valence-electron chi connectivity index (χ2n) is 2.11. The van der Waals surface area contributed by atoms with E-state index in [4.69, 9.17) is 5.11 Å². The van der Waals surface area contributed by atoms with Crippen molar-refractivity contribution in [2.45, 2.75) is 11.5 Å². The van der Waals surface area contributed by atoms with Gasteiger partial charge in [-0.05, 0) is 30.0 Å². The molecule has 1 rings (SSSR count). The highest BCUT2D eigenvalue weighted by atomic mass is 32.2. The Hall–Kier alpha value is -0.540. The Morgan fingerprint density at radius 1 is 1.55 bits per heavy atom. The highest BCUT2D eigenvalue weighted by Crippen LogP contribution is 2.20. The molecule has 0 aliphatic rings. The molecule has 1 nitrogen and oxygen atoms in total. The second kappa shape index (κ2) is 3.74. The maximum Gasteiger partial charge on any atom is 0.123 e. The van der Waals surface area contributed by atoms with Gasteiger partial charge in [-0.15, -0.1) is 11.8 Å². The standard InChI is InChI=1S/C8H9FOS/c1-11-8-3-2-7(9)4-6(8)5-10/h2-4,10H,5H2,1H3. The Bertz CT molecular complexity index is 250. The summed E-state index contributed by atoms with van der Waals surface area (Å²) in [5, 5.41) is 8.79. The van der Waals surface area contributed by atoms with Crippen LogP contribution >= 0.6 is 11.8 Å². The fourth-order valence-corrected chi connectivity index (χ4v) is 1.46. The van der Waals surface area contributed by atoms with Gasteiger partial charge in [0.2, 0.25) is 0 Å². The Morgan fingerprint density at radius 2 is 2.27 bits per heavy atom. The zero-order valence-corrected chi connectivity index (χ0v) is 6.99. The largest absolute Gasteiger partial charge is 0.392 e. The van der Waals surface area contributed by atoms with Gasteiger partial charge in [0.25, 0.3) is 0 Å². The van der Waals surface area contributed by atoms with E-state index >= 15 is 0 Å². The molecule has 60 valence electrons. The topological polar surface area (TPSA) is 20.2 Å². The van der Waals surface area contributed by atoms with Gasteiger partial charge < -0.3 is 5.11 Å². The number of benzene rings is 1. The van der Waals surface area contributed by atoms with Gasteiger partial charge in [0.1, 0.15) is 5.82 Å². The fraction of sp³-hybridized carbons (Fsp3) is 0.250. The number of aliphatic hydroxyl groups excluding tert-OH is 1. The summed E-state index contributed by atoms with van der Waals surface area (Å²) in [6.07, 6.45) is 1.90. The van der Waals surface area contributed by atoms with Crippen molar-refractivity contribution < 1.29 is 9.50 Å². The van der Waals surface area contributed by atoms with Gasteiger partial charge in [0.15, 0.2) is 0 Å². The highest BCUT2D eigenvalue weighted by Gasteiger charge is 2.00. The first-order chi connectivity index (χ1) is 5.27. The fourth-order valence-electron chi connectivity index (χ4n) is 0.871. The predicted octanol–water partition coefficient (Wildman–Crippen LogP) is 2.04. The average molecular weight is 172 g/mol. The van der Waals surface area contributed by atoms with Crippen molar-refractivity contribution in [1.29, 1.82) is 0 Å². The van der Waals surface area contributed by atoms with Crippen molar-refractivity contribution in [2.24, 2.45) is 0 Å². The van der Waals surface area contributed by atoms with Crippen molar-refractivity contribution in [2.75, 3.05) is 6.26 Å². The second-order valence-corrected chi connectivity index (χ2v) is 2.96. The molecule has 0 unspecified atom stereocenters. The Kier molecular flexibility index (Phi) is 2.91. The van der Waals surface area contributed by atoms with Crippen LogP contribution in [0.15, 0.2) is 23.1 Å². The van der Waals surface area contributed by atoms with Crippen LogP contribution in [-0.4, -0.2) is 11.4 Å². The summed E-state index contributed by atoms with van der Waals surface area (Å²) < 4.78 is 12.6. The molecule has 0 heterocycles. The SMILES string of the molecule is CSc1ccc(F)cc1CO. The zero-order valence-electron chi connectivity index (χ0n) is 6.17. The van der Waals surface area contributed by atoms with Crippen molar-refractivity contribution >= 4 is 11.8 Å². The van der Waals surface area contributed by atoms with E-state index < -0.39 is 0 Å². The minimum absolute atomic E-state index is 0.103. The highest BCUT2D eigenvalue weighted by molar-refractivity contribution is 7.98. The number of aliphatic hydroxyl groups is 1. The van der Waals surface area contributed by atoms with Gasteiger partial charge in [-0.25, -0.2) is 4.39 Å². The molecule has 3 heteroatoms. The van der Waals surface area contributed by atoms with Crippen LogP contribution in [0.3, 0.4) is 0 Å². The predicted molar refractivity (Wildman–Crippen MR) is 44.1 cm³/mol. The van der Waals surface area contributed by atoms with E-state index in [-0.39, 0.29) is 12.4 Å². The molecule has 0 fully saturated rings. The van der Waals surface area contributed by atoms with Gasteiger partial charge in [0, 0.05) is 4.90 Å². The first-order valence-electron chi connectivity index (χ1n) is 3.21. The minimum atomic E-state index is -0.299. The maximum atomic E-state index is 12.6. The zero-order chi connectivity index (χ0) is 8.27. The van der Waals surface area contributed by atoms with Crippen LogP contribution < -0.4 is 0 Å². The minimum Gasteiger partial charge on any atom is -0.392 e. The Balaban J connectivity index is 3.06. The van der Waals surface area contributed by atoms with Gasteiger partial charge in [-0.2, -0.15) is 0 Å². The first kappa shape index (κ1) is 8.56. The van der Waals surface area contributed by atoms with E-state index in [0.717, 1.165) is 4.90 Å². The Morgan fingerprint density at radius 3 is 2.82 bits per heavy atom. The number of hydrogen-bond acceptors (Lipinski definition) is 2. The van der Waals surface area contributed by atoms with Gasteiger partial charge >= 0.3 is 0 Å². The summed E-state index contributed by atoms with van der Waals surface area (Å²) in [4.78, 5) is 0.925. The molecule has 0 aliphatic heterocycles. The van der Waals surface area contributed by atoms with E-state index in [1.54, 1.807) is 6.07 Å². The number of thioether (sulfide) groups is 1. The lowest BCUT2D eigenvalue weighted by Gasteiger charge is -2.02. The third-order valence-corrected chi connectivity index (χ3v) is 2.25. The average Bonchev–Trinajstić information content (AvgIpc) is 2.04. The molecule has 1 aromatic carbocycles. The molecule has 11 heavy (non-hydrogen) atoms. The molecule has 0 aromatic heterocycles. The quantitative estimate of drug-likeness (QED) is 0.689. The van der Waals surface area contributed by atoms with Crippen LogP contribution in [0, 0.1) is 5.82 Å². The van der Waals surface area contributed by atoms with E-state index in [2.05, 4.69) is 0 Å². The number of hydrogen-bond donors (Lipinski definition) is 1. The molecular weight excluding hydrogens is 163 g/mol. The summed E-state index contributed by atoms with van der Waals surface area (Å²) in [5.41, 5.74) is 0.650. The molecule has 0 radical (unpaired) electrons. The van der Waals surface area contributed by atoms with Gasteiger partial charge in [-0.1, -0.05) is 0 Å². The molecule has 0 atom stereocenters. The van der Waals surface area contributed by atoms with E-state index in [1.165, 1.54) is 23.9 Å². The van der Waals surface area contributed by atoms with Crippen LogP contribution in [0.25, 0.3) is 0 Å². The normalized spacial score (nSPS) is 10.1. The van der Waals surface area contributed by atoms with Gasteiger partial charge in [0.05, 0.1) is 6.61 Å². The van der Waals surface area contributed by atoms with Crippen LogP contribution in [-0.2, 0) is 6.61 Å². The molecule has 0 saturated heterocycles. The smallest absolute Gasteiger partial charge is 0.123 e. The molecule has 0 amide bonds. The molecule has 0 bridgehead atoms. The molecule has 0 saturated carbocycles. The van der Waals surface area contributed by atoms with E-state index in [9.17, 15) is 4.39 Å². The molecule has 0 spiro atoms. The van der Waals surface area contributed by atoms with Crippen LogP contribution in [0.2, 0.25) is 0 Å². The van der Waals surface area contributed by atoms with Crippen LogP contribution in [0.5, 0.6) is 0 Å². The third kappa shape index (κ3) is 1.94. The number of halogens is 1. The molecule has 1 N–H and O–H groups in total. The van der Waals surface area contributed by atoms with Crippen LogP contribution in [0.4, 0.5) is 4.39 Å². The van der Waals surface area contributed by atoms with E-state index in [0.29, 0.717) is 5.56 Å². The summed E-state index contributed by atoms with van der Waals surface area (Å²) in [6.45, 7) is -0.103. The van der Waals surface area contributed by atoms with Crippen LogP contribution in [0.1, 0.15) is 5.56 Å². The van der Waals surface area contributed by atoms with Crippen molar-refractivity contribution in [3.63, 3.8) is 0 Å². The lowest BCUT2D eigenvalue weighted by atomic mass is 10.2. The van der Waals surface area contributed by atoms with Crippen molar-refractivity contribution in [1.82, 2.24) is 0 Å². The Labute approximate surface area is 69.2 Å². The molecule has 0 aliphatic carbocycles. The van der Waals surface area contributed by atoms with E-state index in [1.807, 2.05) is 6.26 Å². The lowest BCUT2D eigenvalue weighted by molar-refractivity contribution is 0.278. The van der Waals surface area contributed by atoms with Crippen molar-refractivity contribution in [3.05, 3.63) is 29.6 Å². The summed E-state index contributed by atoms with van der Waals surface area (Å²) in [5.74, 6) is -0.299. The van der Waals surface area contributed by atoms with Gasteiger partial charge in [-0.3, -0.25) is 0 Å². The summed E-state index contributed by atoms with van der Waals surface area (Å²) in [7, 11) is 0. The number of rotatable bonds is 2. The molecular formula is C8H9FOS. The monoisotopic (exact) mass is 172 g/mol. The first-order valence-corrected chi connectivity index (χ1v) is 4.43. The summed E-state index contributed by atoms with van der Waals surface area (Å²) >= 11 is 1.50. The lowest BCUT2D eigenvalue weighted by Crippen LogP contribution is -1.88.